The zero-order chi connectivity index (χ0) is 14.8. The van der Waals surface area contributed by atoms with Gasteiger partial charge in [0, 0.05) is 12.2 Å². The number of thiocarbonyl (C=S) groups is 2. The first kappa shape index (κ1) is 16.6. The summed E-state index contributed by atoms with van der Waals surface area (Å²) in [6.45, 7) is 2.98. The van der Waals surface area contributed by atoms with Gasteiger partial charge in [-0.05, 0) is 55.1 Å². The van der Waals surface area contributed by atoms with Crippen LogP contribution >= 0.6 is 24.4 Å². The largest absolute Gasteiger partial charge is 0.361 e. The van der Waals surface area contributed by atoms with E-state index in [0.717, 1.165) is 13.0 Å². The fourth-order valence-electron chi connectivity index (χ4n) is 1.43. The van der Waals surface area contributed by atoms with Crippen molar-refractivity contribution in [3.05, 3.63) is 30.1 Å². The van der Waals surface area contributed by atoms with Gasteiger partial charge in [-0.15, -0.1) is 0 Å². The summed E-state index contributed by atoms with van der Waals surface area (Å²) >= 11 is 10.2. The van der Waals surface area contributed by atoms with E-state index in [1.54, 1.807) is 12.1 Å². The number of rotatable bonds is 5. The maximum Gasteiger partial charge on any atom is 0.189 e. The van der Waals surface area contributed by atoms with Crippen LogP contribution in [0.4, 0.5) is 10.1 Å². The highest BCUT2D eigenvalue weighted by Crippen LogP contribution is 2.07. The van der Waals surface area contributed by atoms with E-state index in [-0.39, 0.29) is 5.82 Å². The SMILES string of the molecule is CCCCCNC(=S)NNC(=S)Nc1ccc(F)cc1. The molecule has 0 atom stereocenters. The molecule has 0 heterocycles. The normalized spacial score (nSPS) is 9.70. The Hall–Kier alpha value is -1.47. The number of nitrogens with one attached hydrogen (secondary N) is 4. The molecule has 0 spiro atoms. The van der Waals surface area contributed by atoms with E-state index in [0.29, 0.717) is 15.9 Å². The second-order valence-corrected chi connectivity index (χ2v) is 4.99. The van der Waals surface area contributed by atoms with Crippen molar-refractivity contribution < 1.29 is 4.39 Å². The average molecular weight is 314 g/mol. The van der Waals surface area contributed by atoms with E-state index >= 15 is 0 Å². The van der Waals surface area contributed by atoms with Gasteiger partial charge >= 0.3 is 0 Å². The molecule has 0 amide bonds. The van der Waals surface area contributed by atoms with Gasteiger partial charge in [-0.25, -0.2) is 4.39 Å². The van der Waals surface area contributed by atoms with Gasteiger partial charge in [0.15, 0.2) is 10.2 Å². The fourth-order valence-corrected chi connectivity index (χ4v) is 1.75. The van der Waals surface area contributed by atoms with Gasteiger partial charge in [-0.1, -0.05) is 19.8 Å². The highest BCUT2D eigenvalue weighted by Gasteiger charge is 1.99. The maximum absolute atomic E-state index is 12.7. The molecule has 0 radical (unpaired) electrons. The third-order valence-electron chi connectivity index (χ3n) is 2.46. The lowest BCUT2D eigenvalue weighted by Gasteiger charge is -2.14. The Morgan fingerprint density at radius 2 is 1.70 bits per heavy atom. The number of hydrogen-bond donors (Lipinski definition) is 4. The molecule has 20 heavy (non-hydrogen) atoms. The number of anilines is 1. The van der Waals surface area contributed by atoms with Crippen LogP contribution in [0.25, 0.3) is 0 Å². The zero-order valence-electron chi connectivity index (χ0n) is 11.3. The summed E-state index contributed by atoms with van der Waals surface area (Å²) in [6, 6.07) is 5.92. The molecule has 7 heteroatoms. The fraction of sp³-hybridized carbons (Fsp3) is 0.385. The lowest BCUT2D eigenvalue weighted by molar-refractivity contribution is 0.628. The molecule has 0 aliphatic carbocycles. The minimum atomic E-state index is -0.287. The zero-order valence-corrected chi connectivity index (χ0v) is 13.0. The maximum atomic E-state index is 12.7. The number of halogens is 1. The quantitative estimate of drug-likeness (QED) is 0.381. The summed E-state index contributed by atoms with van der Waals surface area (Å²) in [4.78, 5) is 0. The van der Waals surface area contributed by atoms with E-state index in [4.69, 9.17) is 24.4 Å². The molecule has 4 nitrogen and oxygen atoms in total. The second kappa shape index (κ2) is 9.44. The van der Waals surface area contributed by atoms with Crippen molar-refractivity contribution in [2.45, 2.75) is 26.2 Å². The second-order valence-electron chi connectivity index (χ2n) is 4.17. The van der Waals surface area contributed by atoms with Crippen LogP contribution in [0.2, 0.25) is 0 Å². The van der Waals surface area contributed by atoms with Gasteiger partial charge in [-0.3, -0.25) is 10.9 Å². The summed E-state index contributed by atoms with van der Waals surface area (Å²) in [5.74, 6) is -0.287. The summed E-state index contributed by atoms with van der Waals surface area (Å²) in [6.07, 6.45) is 3.43. The van der Waals surface area contributed by atoms with Gasteiger partial charge in [-0.2, -0.15) is 0 Å². The van der Waals surface area contributed by atoms with Crippen LogP contribution < -0.4 is 21.5 Å². The van der Waals surface area contributed by atoms with E-state index in [1.807, 2.05) is 0 Å². The Bertz CT molecular complexity index is 437. The van der Waals surface area contributed by atoms with Crippen molar-refractivity contribution >= 4 is 40.3 Å². The van der Waals surface area contributed by atoms with Gasteiger partial charge in [0.25, 0.3) is 0 Å². The number of unbranched alkanes of at least 4 members (excludes halogenated alkanes) is 2. The van der Waals surface area contributed by atoms with Crippen LogP contribution in [-0.4, -0.2) is 16.8 Å². The molecule has 0 aromatic heterocycles. The highest BCUT2D eigenvalue weighted by molar-refractivity contribution is 7.80. The summed E-state index contributed by atoms with van der Waals surface area (Å²) < 4.78 is 12.7. The topological polar surface area (TPSA) is 48.1 Å². The first-order valence-electron chi connectivity index (χ1n) is 6.48. The third-order valence-corrected chi connectivity index (χ3v) is 2.91. The van der Waals surface area contributed by atoms with Gasteiger partial charge in [0.2, 0.25) is 0 Å². The lowest BCUT2D eigenvalue weighted by atomic mass is 10.2. The number of hydrogen-bond acceptors (Lipinski definition) is 2. The van der Waals surface area contributed by atoms with Crippen molar-refractivity contribution in [3.63, 3.8) is 0 Å². The molecule has 0 fully saturated rings. The first-order chi connectivity index (χ1) is 9.61. The lowest BCUT2D eigenvalue weighted by Crippen LogP contribution is -2.48. The molecule has 0 saturated carbocycles. The summed E-state index contributed by atoms with van der Waals surface area (Å²) in [5.41, 5.74) is 6.24. The van der Waals surface area contributed by atoms with E-state index in [9.17, 15) is 4.39 Å². The minimum absolute atomic E-state index is 0.287. The molecule has 0 saturated heterocycles. The molecule has 1 aromatic carbocycles. The molecule has 110 valence electrons. The third kappa shape index (κ3) is 7.20. The van der Waals surface area contributed by atoms with Gasteiger partial charge in [0.1, 0.15) is 5.82 Å². The van der Waals surface area contributed by atoms with E-state index < -0.39 is 0 Å². The first-order valence-corrected chi connectivity index (χ1v) is 7.30. The van der Waals surface area contributed by atoms with Crippen LogP contribution in [0.3, 0.4) is 0 Å². The number of benzene rings is 1. The summed E-state index contributed by atoms with van der Waals surface area (Å²) in [7, 11) is 0. The minimum Gasteiger partial charge on any atom is -0.361 e. The Morgan fingerprint density at radius 3 is 2.35 bits per heavy atom. The summed E-state index contributed by atoms with van der Waals surface area (Å²) in [5, 5.41) is 6.82. The Kier molecular flexibility index (Phi) is 7.82. The van der Waals surface area contributed by atoms with Crippen LogP contribution in [0.15, 0.2) is 24.3 Å². The van der Waals surface area contributed by atoms with Crippen molar-refractivity contribution in [1.29, 1.82) is 0 Å². The van der Waals surface area contributed by atoms with Crippen LogP contribution in [-0.2, 0) is 0 Å². The molecular weight excluding hydrogens is 295 g/mol. The van der Waals surface area contributed by atoms with Crippen LogP contribution in [0.5, 0.6) is 0 Å². The van der Waals surface area contributed by atoms with Crippen LogP contribution in [0, 0.1) is 5.82 Å². The molecular formula is C13H19FN4S2. The molecule has 0 unspecified atom stereocenters. The molecule has 0 bridgehead atoms. The van der Waals surface area contributed by atoms with Crippen molar-refractivity contribution in [2.75, 3.05) is 11.9 Å². The highest BCUT2D eigenvalue weighted by atomic mass is 32.1. The molecule has 4 N–H and O–H groups in total. The number of hydrazine groups is 1. The van der Waals surface area contributed by atoms with Crippen molar-refractivity contribution in [3.8, 4) is 0 Å². The van der Waals surface area contributed by atoms with Crippen LogP contribution in [0.1, 0.15) is 26.2 Å². The van der Waals surface area contributed by atoms with Gasteiger partial charge in [0.05, 0.1) is 0 Å². The van der Waals surface area contributed by atoms with Gasteiger partial charge < -0.3 is 10.6 Å². The molecule has 0 aliphatic heterocycles. The monoisotopic (exact) mass is 314 g/mol. The average Bonchev–Trinajstić information content (AvgIpc) is 2.44. The Balaban J connectivity index is 2.19. The molecule has 1 rings (SSSR count). The predicted octanol–water partition coefficient (Wildman–Crippen LogP) is 2.68. The van der Waals surface area contributed by atoms with E-state index in [1.165, 1.54) is 25.0 Å². The Morgan fingerprint density at radius 1 is 1.05 bits per heavy atom. The smallest absolute Gasteiger partial charge is 0.189 e. The van der Waals surface area contributed by atoms with E-state index in [2.05, 4.69) is 28.4 Å². The Labute approximate surface area is 129 Å². The van der Waals surface area contributed by atoms with Crippen molar-refractivity contribution in [1.82, 2.24) is 16.2 Å². The predicted molar refractivity (Wildman–Crippen MR) is 89.0 cm³/mol. The molecule has 1 aromatic rings. The standard InChI is InChI=1S/C13H19FN4S2/c1-2-3-4-9-15-12(19)17-18-13(20)16-11-7-5-10(14)6-8-11/h5-8H,2-4,9H2,1H3,(H2,15,17,19)(H2,16,18,20). The van der Waals surface area contributed by atoms with Crippen molar-refractivity contribution in [2.24, 2.45) is 0 Å². The molecule has 0 aliphatic rings.